The molecule has 1 amide bonds. The SMILES string of the molecule is O=C1CCCc2cc(S(=O)(=O)N3C[C@H]4CNC[C@H]4C3)ccc2N1. The zero-order chi connectivity index (χ0) is 16.0. The number of amides is 1. The van der Waals surface area contributed by atoms with Gasteiger partial charge >= 0.3 is 0 Å². The Bertz CT molecular complexity index is 735. The first-order valence-corrected chi connectivity index (χ1v) is 9.62. The van der Waals surface area contributed by atoms with Gasteiger partial charge in [0.05, 0.1) is 4.90 Å². The molecule has 0 bridgehead atoms. The highest BCUT2D eigenvalue weighted by Gasteiger charge is 2.41. The van der Waals surface area contributed by atoms with Crippen molar-refractivity contribution in [3.63, 3.8) is 0 Å². The molecule has 2 N–H and O–H groups in total. The van der Waals surface area contributed by atoms with Gasteiger partial charge in [0.1, 0.15) is 0 Å². The Morgan fingerprint density at radius 1 is 1.09 bits per heavy atom. The molecule has 2 atom stereocenters. The van der Waals surface area contributed by atoms with E-state index in [0.717, 1.165) is 37.2 Å². The predicted octanol–water partition coefficient (Wildman–Crippen LogP) is 0.801. The van der Waals surface area contributed by atoms with Crippen molar-refractivity contribution >= 4 is 21.6 Å². The highest BCUT2D eigenvalue weighted by atomic mass is 32.2. The van der Waals surface area contributed by atoms with Crippen molar-refractivity contribution in [1.82, 2.24) is 9.62 Å². The summed E-state index contributed by atoms with van der Waals surface area (Å²) in [6.45, 7) is 3.03. The second kappa shape index (κ2) is 5.58. The molecule has 3 aliphatic heterocycles. The van der Waals surface area contributed by atoms with Crippen molar-refractivity contribution in [3.8, 4) is 0 Å². The van der Waals surface area contributed by atoms with Gasteiger partial charge in [0.25, 0.3) is 0 Å². The van der Waals surface area contributed by atoms with Crippen LogP contribution in [0.25, 0.3) is 0 Å². The van der Waals surface area contributed by atoms with Gasteiger partial charge in [-0.3, -0.25) is 4.79 Å². The zero-order valence-electron chi connectivity index (χ0n) is 12.9. The van der Waals surface area contributed by atoms with Crippen LogP contribution in [-0.2, 0) is 21.2 Å². The smallest absolute Gasteiger partial charge is 0.243 e. The minimum atomic E-state index is -3.45. The van der Waals surface area contributed by atoms with Gasteiger partial charge in [-0.2, -0.15) is 4.31 Å². The molecular formula is C16H21N3O3S. The molecule has 0 unspecified atom stereocenters. The molecule has 2 fully saturated rings. The van der Waals surface area contributed by atoms with Crippen LogP contribution in [0, 0.1) is 11.8 Å². The first-order chi connectivity index (χ1) is 11.0. The van der Waals surface area contributed by atoms with Gasteiger partial charge < -0.3 is 10.6 Å². The van der Waals surface area contributed by atoms with E-state index in [1.807, 2.05) is 0 Å². The molecule has 1 aromatic rings. The van der Waals surface area contributed by atoms with Crippen LogP contribution in [0.5, 0.6) is 0 Å². The summed E-state index contributed by atoms with van der Waals surface area (Å²) in [5.74, 6) is 0.869. The number of hydrogen-bond acceptors (Lipinski definition) is 4. The van der Waals surface area contributed by atoms with Gasteiger partial charge in [0, 0.05) is 25.2 Å². The van der Waals surface area contributed by atoms with Crippen LogP contribution in [0.4, 0.5) is 5.69 Å². The average Bonchev–Trinajstić information content (AvgIpc) is 3.05. The van der Waals surface area contributed by atoms with Crippen molar-refractivity contribution in [2.24, 2.45) is 11.8 Å². The lowest BCUT2D eigenvalue weighted by Gasteiger charge is -2.18. The number of benzene rings is 1. The number of hydrogen-bond donors (Lipinski definition) is 2. The number of sulfonamides is 1. The third kappa shape index (κ3) is 2.66. The number of rotatable bonds is 2. The van der Waals surface area contributed by atoms with E-state index in [-0.39, 0.29) is 5.91 Å². The summed E-state index contributed by atoms with van der Waals surface area (Å²) < 4.78 is 27.5. The van der Waals surface area contributed by atoms with Gasteiger partial charge in [0.15, 0.2) is 0 Å². The lowest BCUT2D eigenvalue weighted by atomic mass is 10.0. The summed E-state index contributed by atoms with van der Waals surface area (Å²) >= 11 is 0. The Morgan fingerprint density at radius 2 is 1.83 bits per heavy atom. The Balaban J connectivity index is 1.62. The standard InChI is InChI=1S/C16H21N3O3S/c20-16-3-1-2-11-6-14(4-5-15(11)18-16)23(21,22)19-9-12-7-17-8-13(12)10-19/h4-6,12-13,17H,1-3,7-10H2,(H,18,20)/t12-,13+. The van der Waals surface area contributed by atoms with Crippen LogP contribution in [0.2, 0.25) is 0 Å². The number of carbonyl (C=O) groups is 1. The molecule has 4 rings (SSSR count). The molecule has 2 saturated heterocycles. The van der Waals surface area contributed by atoms with Crippen LogP contribution in [0.1, 0.15) is 18.4 Å². The molecule has 3 heterocycles. The molecule has 0 spiro atoms. The second-order valence-corrected chi connectivity index (χ2v) is 8.66. The Kier molecular flexibility index (Phi) is 3.66. The van der Waals surface area contributed by atoms with E-state index in [0.29, 0.717) is 36.2 Å². The number of fused-ring (bicyclic) bond motifs is 2. The van der Waals surface area contributed by atoms with Crippen LogP contribution in [0.15, 0.2) is 23.1 Å². The molecule has 6 nitrogen and oxygen atoms in total. The Labute approximate surface area is 136 Å². The summed E-state index contributed by atoms with van der Waals surface area (Å²) in [5, 5.41) is 6.17. The molecule has 0 radical (unpaired) electrons. The largest absolute Gasteiger partial charge is 0.326 e. The highest BCUT2D eigenvalue weighted by Crippen LogP contribution is 2.32. The highest BCUT2D eigenvalue weighted by molar-refractivity contribution is 7.89. The van der Waals surface area contributed by atoms with E-state index >= 15 is 0 Å². The molecule has 0 aromatic heterocycles. The first-order valence-electron chi connectivity index (χ1n) is 8.18. The van der Waals surface area contributed by atoms with Crippen molar-refractivity contribution < 1.29 is 13.2 Å². The summed E-state index contributed by atoms with van der Waals surface area (Å²) in [6, 6.07) is 5.08. The van der Waals surface area contributed by atoms with Gasteiger partial charge in [-0.15, -0.1) is 0 Å². The van der Waals surface area contributed by atoms with Gasteiger partial charge in [-0.1, -0.05) is 0 Å². The molecule has 7 heteroatoms. The maximum absolute atomic E-state index is 12.9. The molecule has 124 valence electrons. The monoisotopic (exact) mass is 335 g/mol. The lowest BCUT2D eigenvalue weighted by molar-refractivity contribution is -0.116. The first kappa shape index (κ1) is 15.1. The van der Waals surface area contributed by atoms with Crippen molar-refractivity contribution in [2.75, 3.05) is 31.5 Å². The molecule has 3 aliphatic rings. The quantitative estimate of drug-likeness (QED) is 0.838. The number of carbonyl (C=O) groups excluding carboxylic acids is 1. The van der Waals surface area contributed by atoms with Crippen molar-refractivity contribution in [1.29, 1.82) is 0 Å². The maximum atomic E-state index is 12.9. The molecule has 23 heavy (non-hydrogen) atoms. The van der Waals surface area contributed by atoms with Crippen LogP contribution < -0.4 is 10.6 Å². The van der Waals surface area contributed by atoms with Gasteiger partial charge in [0.2, 0.25) is 15.9 Å². The zero-order valence-corrected chi connectivity index (χ0v) is 13.7. The fourth-order valence-corrected chi connectivity index (χ4v) is 5.47. The number of aryl methyl sites for hydroxylation is 1. The van der Waals surface area contributed by atoms with Crippen LogP contribution >= 0.6 is 0 Å². The molecular weight excluding hydrogens is 314 g/mol. The fourth-order valence-electron chi connectivity index (χ4n) is 3.87. The van der Waals surface area contributed by atoms with E-state index in [1.54, 1.807) is 22.5 Å². The number of nitrogens with one attached hydrogen (secondary N) is 2. The predicted molar refractivity (Wildman–Crippen MR) is 86.6 cm³/mol. The summed E-state index contributed by atoms with van der Waals surface area (Å²) in [5.41, 5.74) is 1.66. The molecule has 0 saturated carbocycles. The van der Waals surface area contributed by atoms with E-state index in [4.69, 9.17) is 0 Å². The summed E-state index contributed by atoms with van der Waals surface area (Å²) in [4.78, 5) is 12.0. The summed E-state index contributed by atoms with van der Waals surface area (Å²) in [6.07, 6.45) is 1.97. The van der Waals surface area contributed by atoms with E-state index in [2.05, 4.69) is 10.6 Å². The second-order valence-electron chi connectivity index (χ2n) is 6.72. The molecule has 0 aliphatic carbocycles. The van der Waals surface area contributed by atoms with E-state index < -0.39 is 10.0 Å². The van der Waals surface area contributed by atoms with Gasteiger partial charge in [-0.25, -0.2) is 8.42 Å². The maximum Gasteiger partial charge on any atom is 0.243 e. The minimum absolute atomic E-state index is 0.000717. The Morgan fingerprint density at radius 3 is 2.57 bits per heavy atom. The lowest BCUT2D eigenvalue weighted by Crippen LogP contribution is -2.32. The molecule has 1 aromatic carbocycles. The van der Waals surface area contributed by atoms with Crippen molar-refractivity contribution in [2.45, 2.75) is 24.2 Å². The van der Waals surface area contributed by atoms with E-state index in [1.165, 1.54) is 0 Å². The third-order valence-corrected chi connectivity index (χ3v) is 7.02. The fraction of sp³-hybridized carbons (Fsp3) is 0.562. The Hall–Kier alpha value is -1.44. The van der Waals surface area contributed by atoms with Gasteiger partial charge in [-0.05, 0) is 61.5 Å². The minimum Gasteiger partial charge on any atom is -0.326 e. The average molecular weight is 335 g/mol. The van der Waals surface area contributed by atoms with Crippen LogP contribution in [0.3, 0.4) is 0 Å². The topological polar surface area (TPSA) is 78.5 Å². The number of nitrogens with zero attached hydrogens (tertiary/aromatic N) is 1. The van der Waals surface area contributed by atoms with Crippen molar-refractivity contribution in [3.05, 3.63) is 23.8 Å². The van der Waals surface area contributed by atoms with E-state index in [9.17, 15) is 13.2 Å². The summed E-state index contributed by atoms with van der Waals surface area (Å²) in [7, 11) is -3.45. The normalized spacial score (nSPS) is 28.1. The number of anilines is 1. The third-order valence-electron chi connectivity index (χ3n) is 5.19. The van der Waals surface area contributed by atoms with Crippen LogP contribution in [-0.4, -0.2) is 44.8 Å².